The third kappa shape index (κ3) is 3.35. The maximum absolute atomic E-state index is 13.5. The van der Waals surface area contributed by atoms with Crippen LogP contribution in [0.25, 0.3) is 0 Å². The summed E-state index contributed by atoms with van der Waals surface area (Å²) in [5.41, 5.74) is -0.0521. The van der Waals surface area contributed by atoms with Gasteiger partial charge in [0, 0.05) is 33.2 Å². The summed E-state index contributed by atoms with van der Waals surface area (Å²) in [6.45, 7) is 7.98. The lowest BCUT2D eigenvalue weighted by molar-refractivity contribution is -0.187. The molecule has 2 atom stereocenters. The van der Waals surface area contributed by atoms with Crippen molar-refractivity contribution in [1.29, 1.82) is 0 Å². The molecule has 3 fully saturated rings. The fourth-order valence-corrected chi connectivity index (χ4v) is 5.05. The summed E-state index contributed by atoms with van der Waals surface area (Å²) in [6, 6.07) is 10.1. The molecule has 0 bridgehead atoms. The normalized spacial score (nSPS) is 28.9. The number of carbonyl (C=O) groups excluding carboxylic acids is 2. The van der Waals surface area contributed by atoms with Gasteiger partial charge in [0.2, 0.25) is 11.8 Å². The Kier molecular flexibility index (Phi) is 5.40. The van der Waals surface area contributed by atoms with Crippen LogP contribution >= 0.6 is 0 Å². The largest absolute Gasteiger partial charge is 0.379 e. The quantitative estimate of drug-likeness (QED) is 0.759. The van der Waals surface area contributed by atoms with Crippen LogP contribution in [-0.4, -0.2) is 91.2 Å². The highest BCUT2D eigenvalue weighted by molar-refractivity contribution is 5.86. The Bertz CT molecular complexity index is 763. The number of amides is 2. The van der Waals surface area contributed by atoms with E-state index >= 15 is 0 Å². The van der Waals surface area contributed by atoms with Gasteiger partial charge < -0.3 is 19.3 Å². The van der Waals surface area contributed by atoms with Gasteiger partial charge in [-0.2, -0.15) is 0 Å². The van der Waals surface area contributed by atoms with Crippen molar-refractivity contribution in [3.8, 4) is 0 Å². The minimum atomic E-state index is -0.590. The second kappa shape index (κ2) is 7.70. The van der Waals surface area contributed by atoms with E-state index in [1.165, 1.54) is 0 Å². The first-order chi connectivity index (χ1) is 13.9. The van der Waals surface area contributed by atoms with Crippen LogP contribution in [0.1, 0.15) is 25.8 Å². The fourth-order valence-electron chi connectivity index (χ4n) is 5.05. The van der Waals surface area contributed by atoms with E-state index in [4.69, 9.17) is 9.47 Å². The Morgan fingerprint density at radius 3 is 2.52 bits per heavy atom. The average Bonchev–Trinajstić information content (AvgIpc) is 2.76. The zero-order valence-corrected chi connectivity index (χ0v) is 17.6. The maximum atomic E-state index is 13.5. The maximum Gasteiger partial charge on any atom is 0.249 e. The van der Waals surface area contributed by atoms with Crippen LogP contribution in [0.5, 0.6) is 0 Å². The summed E-state index contributed by atoms with van der Waals surface area (Å²) in [6.07, 6.45) is 0.417. The van der Waals surface area contributed by atoms with Crippen LogP contribution in [0.3, 0.4) is 0 Å². The lowest BCUT2D eigenvalue weighted by Crippen LogP contribution is -2.69. The van der Waals surface area contributed by atoms with Crippen LogP contribution in [0, 0.1) is 0 Å². The molecule has 0 spiro atoms. The molecule has 3 aliphatic heterocycles. The van der Waals surface area contributed by atoms with E-state index in [2.05, 4.69) is 17.0 Å². The third-order valence-corrected chi connectivity index (χ3v) is 6.95. The van der Waals surface area contributed by atoms with Crippen molar-refractivity contribution in [2.75, 3.05) is 53.0 Å². The molecule has 1 aromatic carbocycles. The summed E-state index contributed by atoms with van der Waals surface area (Å²) < 4.78 is 11.5. The molecule has 3 heterocycles. The number of benzene rings is 1. The average molecular weight is 402 g/mol. The van der Waals surface area contributed by atoms with Gasteiger partial charge in [0.05, 0.1) is 24.3 Å². The van der Waals surface area contributed by atoms with Crippen molar-refractivity contribution in [2.24, 2.45) is 0 Å². The summed E-state index contributed by atoms with van der Waals surface area (Å²) in [7, 11) is 1.86. The van der Waals surface area contributed by atoms with E-state index < -0.39 is 11.1 Å². The highest BCUT2D eigenvalue weighted by Crippen LogP contribution is 2.42. The number of carbonyl (C=O) groups is 2. The Labute approximate surface area is 172 Å². The molecular formula is C22H31N3O4. The van der Waals surface area contributed by atoms with Gasteiger partial charge in [-0.1, -0.05) is 30.3 Å². The minimum Gasteiger partial charge on any atom is -0.379 e. The second-order valence-electron chi connectivity index (χ2n) is 8.70. The summed E-state index contributed by atoms with van der Waals surface area (Å²) in [5, 5.41) is 0. The summed E-state index contributed by atoms with van der Waals surface area (Å²) in [5.74, 6) is 0.0998. The van der Waals surface area contributed by atoms with Crippen LogP contribution in [0.4, 0.5) is 0 Å². The zero-order chi connectivity index (χ0) is 20.6. The fraction of sp³-hybridized carbons (Fsp3) is 0.636. The molecule has 29 heavy (non-hydrogen) atoms. The molecule has 3 aliphatic rings. The first-order valence-corrected chi connectivity index (χ1v) is 10.4. The van der Waals surface area contributed by atoms with Crippen molar-refractivity contribution >= 4 is 11.8 Å². The standard InChI is InChI=1S/C22H31N3O4/c1-21(2,25-11-13-28-14-12-25)20(27)24-10-9-22(17-7-5-4-6-8-17)18(15-24)29-16-19(26)23(22)3/h4-8,18H,9-16H2,1-3H3/t18-,22+/m1/s1. The van der Waals surface area contributed by atoms with Gasteiger partial charge in [-0.15, -0.1) is 0 Å². The Morgan fingerprint density at radius 2 is 1.83 bits per heavy atom. The SMILES string of the molecule is CN1C(=O)CO[C@@H]2CN(C(=O)C(C)(C)N3CCOCC3)CC[C@]21c1ccccc1. The number of fused-ring (bicyclic) bond motifs is 1. The highest BCUT2D eigenvalue weighted by atomic mass is 16.5. The van der Waals surface area contributed by atoms with E-state index in [-0.39, 0.29) is 24.5 Å². The van der Waals surface area contributed by atoms with Gasteiger partial charge in [-0.05, 0) is 25.8 Å². The number of nitrogens with zero attached hydrogens (tertiary/aromatic N) is 3. The Morgan fingerprint density at radius 1 is 1.14 bits per heavy atom. The van der Waals surface area contributed by atoms with Crippen molar-refractivity contribution in [2.45, 2.75) is 37.5 Å². The van der Waals surface area contributed by atoms with Crippen LogP contribution in [0.15, 0.2) is 30.3 Å². The molecule has 1 aromatic rings. The van der Waals surface area contributed by atoms with Gasteiger partial charge in [-0.25, -0.2) is 0 Å². The number of piperidine rings is 1. The molecular weight excluding hydrogens is 370 g/mol. The number of hydrogen-bond donors (Lipinski definition) is 0. The number of hydrogen-bond acceptors (Lipinski definition) is 5. The van der Waals surface area contributed by atoms with E-state index in [0.29, 0.717) is 32.7 Å². The number of rotatable bonds is 3. The molecule has 3 saturated heterocycles. The lowest BCUT2D eigenvalue weighted by Gasteiger charge is -2.55. The highest BCUT2D eigenvalue weighted by Gasteiger charge is 2.54. The molecule has 0 saturated carbocycles. The van der Waals surface area contributed by atoms with Gasteiger partial charge in [0.15, 0.2) is 0 Å². The number of likely N-dealkylation sites (N-methyl/N-ethyl adjacent to an activating group) is 1. The molecule has 0 radical (unpaired) electrons. The van der Waals surface area contributed by atoms with Gasteiger partial charge in [0.25, 0.3) is 0 Å². The second-order valence-corrected chi connectivity index (χ2v) is 8.70. The van der Waals surface area contributed by atoms with Gasteiger partial charge in [0.1, 0.15) is 12.7 Å². The third-order valence-electron chi connectivity index (χ3n) is 6.95. The monoisotopic (exact) mass is 401 g/mol. The molecule has 0 unspecified atom stereocenters. The number of ether oxygens (including phenoxy) is 2. The molecule has 2 amide bonds. The van der Waals surface area contributed by atoms with E-state index in [1.807, 2.05) is 48.9 Å². The molecule has 4 rings (SSSR count). The molecule has 0 N–H and O–H groups in total. The predicted octanol–water partition coefficient (Wildman–Crippen LogP) is 1.08. The zero-order valence-electron chi connectivity index (χ0n) is 17.6. The Hall–Kier alpha value is -1.96. The molecule has 7 heteroatoms. The van der Waals surface area contributed by atoms with Crippen molar-refractivity contribution < 1.29 is 19.1 Å². The van der Waals surface area contributed by atoms with Crippen molar-refractivity contribution in [3.05, 3.63) is 35.9 Å². The topological polar surface area (TPSA) is 62.3 Å². The minimum absolute atomic E-state index is 0.0153. The van der Waals surface area contributed by atoms with Crippen LogP contribution < -0.4 is 0 Å². The molecule has 7 nitrogen and oxygen atoms in total. The predicted molar refractivity (Wildman–Crippen MR) is 108 cm³/mol. The summed E-state index contributed by atoms with van der Waals surface area (Å²) >= 11 is 0. The first-order valence-electron chi connectivity index (χ1n) is 10.4. The number of morpholine rings is 2. The van der Waals surface area contributed by atoms with Gasteiger partial charge >= 0.3 is 0 Å². The van der Waals surface area contributed by atoms with Gasteiger partial charge in [-0.3, -0.25) is 14.5 Å². The number of likely N-dealkylation sites (tertiary alicyclic amines) is 1. The lowest BCUT2D eigenvalue weighted by atomic mass is 9.76. The first kappa shape index (κ1) is 20.3. The molecule has 0 aromatic heterocycles. The van der Waals surface area contributed by atoms with E-state index in [9.17, 15) is 9.59 Å². The van der Waals surface area contributed by atoms with Crippen molar-refractivity contribution in [1.82, 2.24) is 14.7 Å². The van der Waals surface area contributed by atoms with Crippen molar-refractivity contribution in [3.63, 3.8) is 0 Å². The van der Waals surface area contributed by atoms with Crippen LogP contribution in [-0.2, 0) is 24.6 Å². The summed E-state index contributed by atoms with van der Waals surface area (Å²) in [4.78, 5) is 32.0. The molecule has 0 aliphatic carbocycles. The van der Waals surface area contributed by atoms with Crippen LogP contribution in [0.2, 0.25) is 0 Å². The Balaban J connectivity index is 1.58. The smallest absolute Gasteiger partial charge is 0.249 e. The van der Waals surface area contributed by atoms with E-state index in [0.717, 1.165) is 18.7 Å². The van der Waals surface area contributed by atoms with E-state index in [1.54, 1.807) is 0 Å². The molecule has 158 valence electrons.